The number of nitrogens with one attached hydrogen (secondary N) is 2. The minimum atomic E-state index is -5.08. The van der Waals surface area contributed by atoms with Gasteiger partial charge >= 0.3 is 12.4 Å². The van der Waals surface area contributed by atoms with Crippen molar-refractivity contribution < 1.29 is 35.9 Å². The van der Waals surface area contributed by atoms with E-state index in [0.29, 0.717) is 46.3 Å². The van der Waals surface area contributed by atoms with Crippen molar-refractivity contribution in [2.45, 2.75) is 69.1 Å². The molecule has 3 aromatic carbocycles. The number of likely N-dealkylation sites (N-methyl/N-ethyl adjacent to an activating group) is 1. The second-order valence-electron chi connectivity index (χ2n) is 12.1. The Kier molecular flexibility index (Phi) is 10.4. The first-order chi connectivity index (χ1) is 22.7. The van der Waals surface area contributed by atoms with Crippen molar-refractivity contribution in [3.8, 4) is 11.1 Å². The summed E-state index contributed by atoms with van der Waals surface area (Å²) in [5, 5.41) is 6.24. The van der Waals surface area contributed by atoms with Gasteiger partial charge in [0.15, 0.2) is 0 Å². The molecule has 3 atom stereocenters. The number of hydrogen-bond donors (Lipinski definition) is 2. The van der Waals surface area contributed by atoms with Gasteiger partial charge in [-0.15, -0.1) is 0 Å². The quantitative estimate of drug-likeness (QED) is 0.163. The van der Waals surface area contributed by atoms with Crippen LogP contribution in [0.1, 0.15) is 54.0 Å². The number of benzene rings is 3. The number of amides is 1. The first-order valence-corrected chi connectivity index (χ1v) is 15.7. The summed E-state index contributed by atoms with van der Waals surface area (Å²) in [6.45, 7) is 1.77. The van der Waals surface area contributed by atoms with Gasteiger partial charge in [-0.2, -0.15) is 26.3 Å². The van der Waals surface area contributed by atoms with Crippen LogP contribution in [0.3, 0.4) is 0 Å². The Morgan fingerprint density at radius 1 is 0.875 bits per heavy atom. The maximum Gasteiger partial charge on any atom is 0.416 e. The molecule has 48 heavy (non-hydrogen) atoms. The van der Waals surface area contributed by atoms with Crippen LogP contribution in [0.4, 0.5) is 32.2 Å². The number of rotatable bonds is 10. The van der Waals surface area contributed by atoms with Crippen molar-refractivity contribution in [2.75, 3.05) is 12.4 Å². The monoisotopic (exact) mass is 689 g/mol. The van der Waals surface area contributed by atoms with E-state index in [9.17, 15) is 31.1 Å². The molecule has 3 unspecified atom stereocenters. The molecule has 1 aromatic heterocycles. The van der Waals surface area contributed by atoms with Crippen LogP contribution in [-0.4, -0.2) is 30.1 Å². The molecular weight excluding hydrogens is 656 g/mol. The van der Waals surface area contributed by atoms with Gasteiger partial charge in [-0.3, -0.25) is 4.79 Å². The van der Waals surface area contributed by atoms with Gasteiger partial charge in [-0.25, -0.2) is 4.98 Å². The molecule has 1 aliphatic rings. The summed E-state index contributed by atoms with van der Waals surface area (Å²) in [6, 6.07) is 19.6. The molecule has 1 amide bonds. The topological polar surface area (TPSA) is 63.2 Å². The average molecular weight is 690 g/mol. The Morgan fingerprint density at radius 3 is 2.12 bits per heavy atom. The van der Waals surface area contributed by atoms with Crippen molar-refractivity contribution in [2.24, 2.45) is 0 Å². The van der Waals surface area contributed by atoms with E-state index in [4.69, 9.17) is 16.3 Å². The fraction of sp³-hybridized carbons (Fsp3) is 0.333. The smallest absolute Gasteiger partial charge is 0.371 e. The van der Waals surface area contributed by atoms with Gasteiger partial charge in [0, 0.05) is 23.8 Å². The summed E-state index contributed by atoms with van der Waals surface area (Å²) in [4.78, 5) is 18.0. The molecule has 5 rings (SSSR count). The molecule has 2 N–H and O–H groups in total. The van der Waals surface area contributed by atoms with Crippen LogP contribution < -0.4 is 10.6 Å². The third kappa shape index (κ3) is 7.95. The number of alkyl halides is 6. The maximum absolute atomic E-state index is 13.8. The molecule has 4 aromatic rings. The number of aromatic nitrogens is 1. The van der Waals surface area contributed by atoms with E-state index < -0.39 is 40.4 Å². The number of halogens is 7. The van der Waals surface area contributed by atoms with Crippen molar-refractivity contribution in [3.63, 3.8) is 0 Å². The molecule has 0 saturated heterocycles. The Balaban J connectivity index is 1.53. The molecule has 0 bridgehead atoms. The number of pyridine rings is 1. The van der Waals surface area contributed by atoms with Crippen LogP contribution >= 0.6 is 11.6 Å². The lowest BCUT2D eigenvalue weighted by atomic mass is 9.74. The SMILES string of the molecule is CNC(=O)C(C)(Cc1cnc(NC2CCCC2OCc2ccccc2)cc1-c1ccccc1Cl)c1cc(C(F)(F)F)cc(C(F)(F)F)c1. The Labute approximate surface area is 279 Å². The average Bonchev–Trinajstić information content (AvgIpc) is 3.50. The van der Waals surface area contributed by atoms with E-state index in [1.165, 1.54) is 20.2 Å². The van der Waals surface area contributed by atoms with Gasteiger partial charge in [-0.05, 0) is 85.2 Å². The third-order valence-corrected chi connectivity index (χ3v) is 9.07. The van der Waals surface area contributed by atoms with Crippen LogP contribution in [0, 0.1) is 0 Å². The lowest BCUT2D eigenvalue weighted by Gasteiger charge is -2.31. The molecule has 1 heterocycles. The van der Waals surface area contributed by atoms with Crippen LogP contribution in [0.5, 0.6) is 0 Å². The minimum Gasteiger partial charge on any atom is -0.371 e. The second-order valence-corrected chi connectivity index (χ2v) is 12.5. The van der Waals surface area contributed by atoms with Crippen LogP contribution in [0.25, 0.3) is 11.1 Å². The maximum atomic E-state index is 13.8. The van der Waals surface area contributed by atoms with Crippen LogP contribution in [-0.2, 0) is 40.3 Å². The van der Waals surface area contributed by atoms with Crippen molar-refractivity contribution in [1.82, 2.24) is 10.3 Å². The van der Waals surface area contributed by atoms with Gasteiger partial charge in [-0.1, -0.05) is 60.1 Å². The van der Waals surface area contributed by atoms with Gasteiger partial charge in [0.1, 0.15) is 5.82 Å². The Morgan fingerprint density at radius 2 is 1.50 bits per heavy atom. The first-order valence-electron chi connectivity index (χ1n) is 15.4. The van der Waals surface area contributed by atoms with E-state index in [1.54, 1.807) is 30.3 Å². The summed E-state index contributed by atoms with van der Waals surface area (Å²) >= 11 is 6.61. The third-order valence-electron chi connectivity index (χ3n) is 8.74. The van der Waals surface area contributed by atoms with E-state index in [2.05, 4.69) is 15.6 Å². The fourth-order valence-electron chi connectivity index (χ4n) is 6.14. The molecule has 1 aliphatic carbocycles. The predicted molar refractivity (Wildman–Crippen MR) is 173 cm³/mol. The summed E-state index contributed by atoms with van der Waals surface area (Å²) in [6.07, 6.45) is -6.44. The highest BCUT2D eigenvalue weighted by atomic mass is 35.5. The van der Waals surface area contributed by atoms with Crippen molar-refractivity contribution in [1.29, 1.82) is 0 Å². The minimum absolute atomic E-state index is 0.0464. The predicted octanol–water partition coefficient (Wildman–Crippen LogP) is 9.24. The zero-order chi connectivity index (χ0) is 34.7. The highest BCUT2D eigenvalue weighted by Crippen LogP contribution is 2.42. The molecule has 1 fully saturated rings. The molecule has 5 nitrogen and oxygen atoms in total. The standard InChI is InChI=1S/C36H34ClF6N3O2/c1-34(33(47)44-2,24-15-25(35(38,39)40)17-26(16-24)36(41,42)43)19-23-20-45-32(18-28(23)27-11-6-7-12-29(27)37)46-30-13-8-14-31(30)48-21-22-9-4-3-5-10-22/h3-7,9-12,15-18,20,30-31H,8,13-14,19,21H2,1-2H3,(H,44,47)(H,45,46). The van der Waals surface area contributed by atoms with Gasteiger partial charge in [0.2, 0.25) is 5.91 Å². The lowest BCUT2D eigenvalue weighted by molar-refractivity contribution is -0.143. The number of nitrogens with zero attached hydrogens (tertiary/aromatic N) is 1. The number of carbonyl (C=O) groups excluding carboxylic acids is 1. The molecule has 254 valence electrons. The number of ether oxygens (including phenoxy) is 1. The highest BCUT2D eigenvalue weighted by molar-refractivity contribution is 6.33. The van der Waals surface area contributed by atoms with E-state index in [-0.39, 0.29) is 24.6 Å². The molecule has 0 aliphatic heterocycles. The summed E-state index contributed by atoms with van der Waals surface area (Å²) < 4.78 is 89.2. The van der Waals surface area contributed by atoms with E-state index >= 15 is 0 Å². The molecule has 1 saturated carbocycles. The normalized spacial score (nSPS) is 17.9. The number of anilines is 1. The molecule has 12 heteroatoms. The summed E-state index contributed by atoms with van der Waals surface area (Å²) in [5.74, 6) is -0.291. The Hall–Kier alpha value is -4.09. The number of carbonyl (C=O) groups is 1. The van der Waals surface area contributed by atoms with Crippen molar-refractivity contribution in [3.05, 3.63) is 118 Å². The van der Waals surface area contributed by atoms with Crippen LogP contribution in [0.2, 0.25) is 5.02 Å². The lowest BCUT2D eigenvalue weighted by Crippen LogP contribution is -2.43. The fourth-order valence-corrected chi connectivity index (χ4v) is 6.37. The second kappa shape index (κ2) is 14.2. The van der Waals surface area contributed by atoms with E-state index in [0.717, 1.165) is 24.8 Å². The largest absolute Gasteiger partial charge is 0.416 e. The van der Waals surface area contributed by atoms with Crippen LogP contribution in [0.15, 0.2) is 85.1 Å². The zero-order valence-corrected chi connectivity index (χ0v) is 26.9. The van der Waals surface area contributed by atoms with E-state index in [1.807, 2.05) is 30.3 Å². The van der Waals surface area contributed by atoms with Gasteiger partial charge in [0.05, 0.1) is 35.3 Å². The summed E-state index contributed by atoms with van der Waals surface area (Å²) in [5.41, 5.74) is -2.80. The molecular formula is C36H34ClF6N3O2. The highest BCUT2D eigenvalue weighted by Gasteiger charge is 2.42. The number of hydrogen-bond acceptors (Lipinski definition) is 4. The Bertz CT molecular complexity index is 1720. The zero-order valence-electron chi connectivity index (χ0n) is 26.2. The van der Waals surface area contributed by atoms with Gasteiger partial charge < -0.3 is 15.4 Å². The van der Waals surface area contributed by atoms with Gasteiger partial charge in [0.25, 0.3) is 0 Å². The molecule has 0 radical (unpaired) electrons. The molecule has 0 spiro atoms. The van der Waals surface area contributed by atoms with Crippen molar-refractivity contribution >= 4 is 23.3 Å². The first kappa shape index (κ1) is 35.2. The summed E-state index contributed by atoms with van der Waals surface area (Å²) in [7, 11) is 1.27.